The minimum Gasteiger partial charge on any atom is -0.371 e. The highest BCUT2D eigenvalue weighted by Gasteiger charge is 2.39. The lowest BCUT2D eigenvalue weighted by atomic mass is 9.83. The lowest BCUT2D eigenvalue weighted by Crippen LogP contribution is -2.50. The molecule has 3 saturated heterocycles. The van der Waals surface area contributed by atoms with E-state index in [0.29, 0.717) is 31.1 Å². The summed E-state index contributed by atoms with van der Waals surface area (Å²) in [5.41, 5.74) is 2.16. The highest BCUT2D eigenvalue weighted by atomic mass is 16.5. The van der Waals surface area contributed by atoms with Gasteiger partial charge in [-0.3, -0.25) is 9.59 Å². The van der Waals surface area contributed by atoms with Gasteiger partial charge >= 0.3 is 0 Å². The number of fused-ring (bicyclic) bond motifs is 6. The normalized spacial score (nSPS) is 29.1. The average molecular weight is 422 g/mol. The van der Waals surface area contributed by atoms with E-state index in [9.17, 15) is 9.59 Å². The van der Waals surface area contributed by atoms with Gasteiger partial charge in [0.05, 0.1) is 12.2 Å². The fraction of sp³-hybridized carbons (Fsp3) is 0.565. The maximum atomic E-state index is 13.4. The topological polar surface area (TPSA) is 80.6 Å². The molecule has 8 heteroatoms. The molecule has 4 aliphatic heterocycles. The van der Waals surface area contributed by atoms with Gasteiger partial charge in [0.15, 0.2) is 0 Å². The molecule has 31 heavy (non-hydrogen) atoms. The Morgan fingerprint density at radius 1 is 1.06 bits per heavy atom. The summed E-state index contributed by atoms with van der Waals surface area (Å²) in [6.07, 6.45) is 4.94. The largest absolute Gasteiger partial charge is 0.371 e. The number of aromatic nitrogens is 3. The zero-order valence-electron chi connectivity index (χ0n) is 17.7. The number of piperidine rings is 1. The van der Waals surface area contributed by atoms with Crippen molar-refractivity contribution in [2.45, 2.75) is 50.9 Å². The Morgan fingerprint density at radius 3 is 2.65 bits per heavy atom. The molecule has 2 aromatic rings. The maximum Gasteiger partial charge on any atom is 0.263 e. The third kappa shape index (κ3) is 3.24. The van der Waals surface area contributed by atoms with Crippen molar-refractivity contribution in [2.75, 3.05) is 31.1 Å². The van der Waals surface area contributed by atoms with E-state index >= 15 is 0 Å². The first-order valence-corrected chi connectivity index (χ1v) is 11.3. The van der Waals surface area contributed by atoms with Crippen molar-refractivity contribution in [3.63, 3.8) is 0 Å². The predicted octanol–water partition coefficient (Wildman–Crippen LogP) is 1.57. The Kier molecular flexibility index (Phi) is 4.38. The summed E-state index contributed by atoms with van der Waals surface area (Å²) >= 11 is 0. The highest BCUT2D eigenvalue weighted by Crippen LogP contribution is 2.36. The lowest BCUT2D eigenvalue weighted by Gasteiger charge is -2.43. The second-order valence-electron chi connectivity index (χ2n) is 9.48. The number of ether oxygens (including phenoxy) is 1. The van der Waals surface area contributed by atoms with Crippen LogP contribution in [0.5, 0.6) is 0 Å². The molecule has 6 heterocycles. The van der Waals surface area contributed by atoms with Crippen LogP contribution in [0, 0.1) is 12.8 Å². The molecule has 6 rings (SSSR count). The van der Waals surface area contributed by atoms with Crippen molar-refractivity contribution < 1.29 is 9.53 Å². The number of aryl methyl sites for hydroxylation is 1. The van der Waals surface area contributed by atoms with Crippen molar-refractivity contribution in [2.24, 2.45) is 5.92 Å². The van der Waals surface area contributed by atoms with Gasteiger partial charge in [-0.05, 0) is 44.2 Å². The summed E-state index contributed by atoms with van der Waals surface area (Å²) in [5, 5.41) is 0. The number of likely N-dealkylation sites (tertiary alicyclic amines) is 1. The second kappa shape index (κ2) is 7.15. The molecule has 0 aromatic carbocycles. The van der Waals surface area contributed by atoms with Crippen molar-refractivity contribution in [3.8, 4) is 0 Å². The smallest absolute Gasteiger partial charge is 0.263 e. The Morgan fingerprint density at radius 2 is 1.87 bits per heavy atom. The van der Waals surface area contributed by atoms with E-state index in [1.165, 1.54) is 0 Å². The first kappa shape index (κ1) is 19.0. The van der Waals surface area contributed by atoms with E-state index in [1.54, 1.807) is 12.4 Å². The van der Waals surface area contributed by atoms with Crippen LogP contribution in [0.1, 0.15) is 46.9 Å². The van der Waals surface area contributed by atoms with Crippen LogP contribution in [0.3, 0.4) is 0 Å². The first-order valence-electron chi connectivity index (χ1n) is 11.3. The third-order valence-corrected chi connectivity index (χ3v) is 7.28. The molecule has 0 saturated carbocycles. The molecule has 3 fully saturated rings. The molecule has 4 bridgehead atoms. The summed E-state index contributed by atoms with van der Waals surface area (Å²) < 4.78 is 7.71. The molecular weight excluding hydrogens is 394 g/mol. The first-order chi connectivity index (χ1) is 15.0. The van der Waals surface area contributed by atoms with Crippen molar-refractivity contribution in [1.29, 1.82) is 0 Å². The summed E-state index contributed by atoms with van der Waals surface area (Å²) in [7, 11) is 0. The monoisotopic (exact) mass is 421 g/mol. The quantitative estimate of drug-likeness (QED) is 0.732. The van der Waals surface area contributed by atoms with Gasteiger partial charge in [-0.25, -0.2) is 9.97 Å². The van der Waals surface area contributed by atoms with Crippen molar-refractivity contribution >= 4 is 11.7 Å². The van der Waals surface area contributed by atoms with Crippen LogP contribution in [0.25, 0.3) is 0 Å². The molecule has 0 spiro atoms. The number of carbonyl (C=O) groups excluding carboxylic acids is 1. The van der Waals surface area contributed by atoms with Crippen LogP contribution in [0.4, 0.5) is 5.82 Å². The van der Waals surface area contributed by atoms with Gasteiger partial charge in [0.25, 0.3) is 11.5 Å². The second-order valence-corrected chi connectivity index (χ2v) is 9.48. The molecule has 8 nitrogen and oxygen atoms in total. The van der Waals surface area contributed by atoms with Crippen LogP contribution >= 0.6 is 0 Å². The molecule has 0 radical (unpaired) electrons. The summed E-state index contributed by atoms with van der Waals surface area (Å²) in [5.74, 6) is 1.43. The zero-order chi connectivity index (χ0) is 21.1. The third-order valence-electron chi connectivity index (χ3n) is 7.28. The molecule has 2 aromatic heterocycles. The van der Waals surface area contributed by atoms with Gasteiger partial charge in [0.2, 0.25) is 0 Å². The molecule has 0 unspecified atom stereocenters. The average Bonchev–Trinajstić information content (AvgIpc) is 3.11. The van der Waals surface area contributed by atoms with E-state index in [-0.39, 0.29) is 29.6 Å². The number of rotatable bonds is 2. The van der Waals surface area contributed by atoms with E-state index in [1.807, 2.05) is 28.5 Å². The number of amides is 1. The van der Waals surface area contributed by atoms with Crippen molar-refractivity contribution in [3.05, 3.63) is 51.8 Å². The predicted molar refractivity (Wildman–Crippen MR) is 114 cm³/mol. The fourth-order valence-electron chi connectivity index (χ4n) is 5.86. The molecule has 0 N–H and O–H groups in total. The van der Waals surface area contributed by atoms with E-state index in [2.05, 4.69) is 14.9 Å². The van der Waals surface area contributed by atoms with Gasteiger partial charge in [0, 0.05) is 56.1 Å². The fourth-order valence-corrected chi connectivity index (χ4v) is 5.86. The number of hydrogen-bond acceptors (Lipinski definition) is 6. The number of hydrogen-bond donors (Lipinski definition) is 0. The molecular formula is C23H27N5O3. The van der Waals surface area contributed by atoms with Gasteiger partial charge < -0.3 is 19.1 Å². The molecule has 4 atom stereocenters. The summed E-state index contributed by atoms with van der Waals surface area (Å²) in [6, 6.07) is 5.77. The summed E-state index contributed by atoms with van der Waals surface area (Å²) in [6.45, 7) is 5.50. The highest BCUT2D eigenvalue weighted by molar-refractivity contribution is 5.94. The SMILES string of the molecule is Cc1cc(N2C[C@@H]3C[C@H](C2)c2ccc(C(=O)N4C[C@H]5CC[C@@H](C4)O5)c(=O)n2C3)ncn1. The van der Waals surface area contributed by atoms with Gasteiger partial charge in [-0.15, -0.1) is 0 Å². The number of nitrogens with zero attached hydrogens (tertiary/aromatic N) is 5. The van der Waals surface area contributed by atoms with E-state index in [0.717, 1.165) is 49.6 Å². The van der Waals surface area contributed by atoms with Crippen LogP contribution < -0.4 is 10.5 Å². The Balaban J connectivity index is 1.28. The number of anilines is 1. The van der Waals surface area contributed by atoms with Gasteiger partial charge in [-0.1, -0.05) is 0 Å². The van der Waals surface area contributed by atoms with Crippen LogP contribution in [-0.4, -0.2) is 63.7 Å². The van der Waals surface area contributed by atoms with E-state index in [4.69, 9.17) is 4.74 Å². The minimum atomic E-state index is -0.144. The Bertz CT molecular complexity index is 1090. The van der Waals surface area contributed by atoms with E-state index < -0.39 is 0 Å². The van der Waals surface area contributed by atoms with Crippen molar-refractivity contribution in [1.82, 2.24) is 19.4 Å². The van der Waals surface area contributed by atoms with Crippen LogP contribution in [0.15, 0.2) is 29.3 Å². The molecule has 162 valence electrons. The molecule has 1 amide bonds. The lowest BCUT2D eigenvalue weighted by molar-refractivity contribution is -0.0304. The molecule has 4 aliphatic rings. The Hall–Kier alpha value is -2.74. The maximum absolute atomic E-state index is 13.4. The standard InChI is InChI=1S/C23H27N5O3/c1-14-6-21(25-13-24-14)26-8-15-7-16(10-26)20-5-4-19(23(30)28(20)9-15)22(29)27-11-17-2-3-18(12-27)31-17/h4-6,13,15-18H,2-3,7-12H2,1H3/t15-,16+,17-,18+/m0/s1. The van der Waals surface area contributed by atoms with Crippen LogP contribution in [-0.2, 0) is 11.3 Å². The zero-order valence-corrected chi connectivity index (χ0v) is 17.7. The molecule has 0 aliphatic carbocycles. The number of morpholine rings is 1. The number of carbonyl (C=O) groups is 1. The van der Waals surface area contributed by atoms with Crippen LogP contribution in [0.2, 0.25) is 0 Å². The Labute approximate surface area is 180 Å². The summed E-state index contributed by atoms with van der Waals surface area (Å²) in [4.78, 5) is 39.3. The minimum absolute atomic E-state index is 0.124. The van der Waals surface area contributed by atoms with Gasteiger partial charge in [0.1, 0.15) is 17.7 Å². The van der Waals surface area contributed by atoms with Gasteiger partial charge in [-0.2, -0.15) is 0 Å². The number of pyridine rings is 1.